The molecule has 0 bridgehead atoms. The fraction of sp³-hybridized carbons (Fsp3) is 0.625. The van der Waals surface area contributed by atoms with E-state index in [1.54, 1.807) is 20.8 Å². The van der Waals surface area contributed by atoms with Crippen LogP contribution >= 0.6 is 0 Å². The maximum Gasteiger partial charge on any atom is 1.00 e. The van der Waals surface area contributed by atoms with E-state index in [0.717, 1.165) is 6.08 Å². The number of allylic oxidation sites excluding steroid dienone is 1. The molecule has 0 aliphatic heterocycles. The molecule has 0 spiro atoms. The molecule has 0 rings (SSSR count). The van der Waals surface area contributed by atoms with E-state index in [2.05, 4.69) is 0 Å². The fourth-order valence-electron chi connectivity index (χ4n) is 0.497. The van der Waals surface area contributed by atoms with Crippen molar-refractivity contribution >= 4 is 5.78 Å². The van der Waals surface area contributed by atoms with E-state index in [1.165, 1.54) is 6.92 Å². The summed E-state index contributed by atoms with van der Waals surface area (Å²) >= 11 is 0. The zero-order valence-electron chi connectivity index (χ0n) is 8.30. The van der Waals surface area contributed by atoms with Gasteiger partial charge in [-0.25, -0.2) is 0 Å². The number of carbonyl (C=O) groups is 1. The molecule has 0 aromatic carbocycles. The average Bonchev–Trinajstić information content (AvgIpc) is 1.53. The maximum atomic E-state index is 10.8. The van der Waals surface area contributed by atoms with E-state index in [-0.39, 0.29) is 24.6 Å². The second-order valence-electron chi connectivity index (χ2n) is 3.29. The van der Waals surface area contributed by atoms with Crippen molar-refractivity contribution in [3.8, 4) is 0 Å². The van der Waals surface area contributed by atoms with Gasteiger partial charge >= 0.3 is 18.9 Å². The summed E-state index contributed by atoms with van der Waals surface area (Å²) in [4.78, 5) is 10.4. The first-order valence-corrected chi connectivity index (χ1v) is 3.39. The van der Waals surface area contributed by atoms with Crippen molar-refractivity contribution in [1.82, 2.24) is 0 Å². The largest absolute Gasteiger partial charge is 1.00 e. The van der Waals surface area contributed by atoms with Crippen molar-refractivity contribution in [2.24, 2.45) is 0 Å². The Morgan fingerprint density at radius 2 is 1.83 bits per heavy atom. The minimum absolute atomic E-state index is 0. The first kappa shape index (κ1) is 14.1. The quantitative estimate of drug-likeness (QED) is 0.259. The smallest absolute Gasteiger partial charge is 0.607 e. The number of ether oxygens (including phenoxy) is 1. The van der Waals surface area contributed by atoms with Gasteiger partial charge in [0.1, 0.15) is 0 Å². The molecule has 0 unspecified atom stereocenters. The molecular weight excluding hydrogens is 151 g/mol. The minimum Gasteiger partial charge on any atom is -0.607 e. The molecule has 0 heterocycles. The molecule has 0 fully saturated rings. The maximum absolute atomic E-state index is 10.8. The Balaban J connectivity index is 0. The van der Waals surface area contributed by atoms with Crippen LogP contribution in [0.1, 0.15) is 27.7 Å². The third-order valence-corrected chi connectivity index (χ3v) is 0.728. The van der Waals surface area contributed by atoms with Gasteiger partial charge in [-0.05, 0) is 6.92 Å². The van der Waals surface area contributed by atoms with Gasteiger partial charge in [-0.2, -0.15) is 0 Å². The third-order valence-electron chi connectivity index (χ3n) is 0.728. The molecule has 0 radical (unpaired) electrons. The molecule has 12 heavy (non-hydrogen) atoms. The van der Waals surface area contributed by atoms with E-state index < -0.39 is 11.5 Å². The standard InChI is InChI=1S/C8H14O3.Li/c1-6(9)5-7(10)11-8(2,3)4;/h5,10H,1-4H3;/q;+1/p-1/b7-5+;. The van der Waals surface area contributed by atoms with Crippen LogP contribution in [-0.4, -0.2) is 11.4 Å². The van der Waals surface area contributed by atoms with Gasteiger partial charge in [0.2, 0.25) is 0 Å². The number of rotatable bonds is 2. The Kier molecular flexibility index (Phi) is 6.23. The average molecular weight is 164 g/mol. The van der Waals surface area contributed by atoms with Crippen molar-refractivity contribution in [3.63, 3.8) is 0 Å². The van der Waals surface area contributed by atoms with Gasteiger partial charge in [0.25, 0.3) is 0 Å². The molecule has 0 saturated heterocycles. The first-order valence-electron chi connectivity index (χ1n) is 3.39. The summed E-state index contributed by atoms with van der Waals surface area (Å²) < 4.78 is 4.83. The Morgan fingerprint density at radius 1 is 1.42 bits per heavy atom. The predicted octanol–water partition coefficient (Wildman–Crippen LogP) is -2.40. The van der Waals surface area contributed by atoms with Crippen LogP contribution in [-0.2, 0) is 9.53 Å². The summed E-state index contributed by atoms with van der Waals surface area (Å²) in [6.45, 7) is 6.56. The SMILES string of the molecule is CC(=O)/C=C(\[O-])OC(C)(C)C.[Li+]. The Hall–Kier alpha value is -0.393. The summed E-state index contributed by atoms with van der Waals surface area (Å²) in [5, 5.41) is 10.8. The summed E-state index contributed by atoms with van der Waals surface area (Å²) in [6.07, 6.45) is 0.936. The molecule has 0 N–H and O–H groups in total. The summed E-state index contributed by atoms with van der Waals surface area (Å²) in [5.41, 5.74) is -0.525. The summed E-state index contributed by atoms with van der Waals surface area (Å²) in [5.74, 6) is -0.871. The van der Waals surface area contributed by atoms with Crippen LogP contribution in [0, 0.1) is 0 Å². The van der Waals surface area contributed by atoms with Crippen LogP contribution in [0.5, 0.6) is 0 Å². The molecular formula is C8H13LiO3. The number of hydrogen-bond donors (Lipinski definition) is 0. The van der Waals surface area contributed by atoms with Gasteiger partial charge in [0, 0.05) is 11.7 Å². The van der Waals surface area contributed by atoms with E-state index in [0.29, 0.717) is 0 Å². The van der Waals surface area contributed by atoms with Crippen LogP contribution in [0.2, 0.25) is 0 Å². The monoisotopic (exact) mass is 164 g/mol. The number of ketones is 1. The van der Waals surface area contributed by atoms with Gasteiger partial charge in [-0.15, -0.1) is 0 Å². The topological polar surface area (TPSA) is 49.4 Å². The fourth-order valence-corrected chi connectivity index (χ4v) is 0.497. The van der Waals surface area contributed by atoms with E-state index in [1.807, 2.05) is 0 Å². The number of hydrogen-bond acceptors (Lipinski definition) is 3. The second-order valence-corrected chi connectivity index (χ2v) is 3.29. The van der Waals surface area contributed by atoms with Crippen LogP contribution in [0.4, 0.5) is 0 Å². The normalized spacial score (nSPS) is 11.8. The molecule has 0 aliphatic rings. The molecule has 3 nitrogen and oxygen atoms in total. The Bertz CT molecular complexity index is 179. The predicted molar refractivity (Wildman–Crippen MR) is 39.6 cm³/mol. The Morgan fingerprint density at radius 3 is 2.08 bits per heavy atom. The molecule has 0 aromatic heterocycles. The third kappa shape index (κ3) is 9.61. The van der Waals surface area contributed by atoms with Crippen molar-refractivity contribution in [1.29, 1.82) is 0 Å². The Labute approximate surface area is 85.0 Å². The molecule has 4 heteroatoms. The molecule has 0 atom stereocenters. The van der Waals surface area contributed by atoms with Crippen molar-refractivity contribution in [2.75, 3.05) is 0 Å². The number of carbonyl (C=O) groups excluding carboxylic acids is 1. The van der Waals surface area contributed by atoms with E-state index in [9.17, 15) is 9.90 Å². The van der Waals surface area contributed by atoms with Gasteiger partial charge < -0.3 is 9.84 Å². The molecule has 0 aromatic rings. The van der Waals surface area contributed by atoms with Crippen LogP contribution in [0.3, 0.4) is 0 Å². The first-order chi connectivity index (χ1) is 4.81. The second kappa shape index (κ2) is 5.29. The zero-order chi connectivity index (χ0) is 9.07. The minimum atomic E-state index is -0.579. The van der Waals surface area contributed by atoms with Crippen molar-refractivity contribution in [2.45, 2.75) is 33.3 Å². The van der Waals surface area contributed by atoms with Gasteiger partial charge in [0.15, 0.2) is 5.78 Å². The van der Waals surface area contributed by atoms with Crippen molar-refractivity contribution in [3.05, 3.63) is 12.0 Å². The zero-order valence-corrected chi connectivity index (χ0v) is 8.30. The summed E-state index contributed by atoms with van der Waals surface area (Å²) in [6, 6.07) is 0. The molecule has 0 amide bonds. The molecule has 0 aliphatic carbocycles. The van der Waals surface area contributed by atoms with Gasteiger partial charge in [-0.3, -0.25) is 4.79 Å². The van der Waals surface area contributed by atoms with Crippen molar-refractivity contribution < 1.29 is 33.5 Å². The molecule has 64 valence electrons. The van der Waals surface area contributed by atoms with Gasteiger partial charge in [-0.1, -0.05) is 20.8 Å². The summed E-state index contributed by atoms with van der Waals surface area (Å²) in [7, 11) is 0. The van der Waals surface area contributed by atoms with Crippen LogP contribution < -0.4 is 24.0 Å². The van der Waals surface area contributed by atoms with Gasteiger partial charge in [0.05, 0.1) is 5.95 Å². The van der Waals surface area contributed by atoms with Crippen LogP contribution in [0.25, 0.3) is 0 Å². The van der Waals surface area contributed by atoms with Crippen LogP contribution in [0.15, 0.2) is 12.0 Å². The van der Waals surface area contributed by atoms with E-state index in [4.69, 9.17) is 4.74 Å². The molecule has 0 saturated carbocycles. The van der Waals surface area contributed by atoms with E-state index >= 15 is 0 Å².